The molecule has 3 heterocycles. The Balaban J connectivity index is 1.42. The molecule has 15 heteroatoms. The number of rotatable bonds is 4. The molecule has 1 aromatic carbocycles. The van der Waals surface area contributed by atoms with Crippen LogP contribution in [0.4, 0.5) is 26.3 Å². The Morgan fingerprint density at radius 2 is 1.63 bits per heavy atom. The first kappa shape index (κ1) is 27.1. The minimum Gasteiger partial charge on any atom is -0.343 e. The van der Waals surface area contributed by atoms with Crippen LogP contribution in [-0.4, -0.2) is 62.0 Å². The number of nitrogens with zero attached hydrogens (tertiary/aromatic N) is 5. The van der Waals surface area contributed by atoms with Crippen LogP contribution in [0, 0.1) is 5.41 Å². The number of hydrogen-bond donors (Lipinski definition) is 1. The van der Waals surface area contributed by atoms with Crippen LogP contribution >= 0.6 is 0 Å². The van der Waals surface area contributed by atoms with E-state index in [4.69, 9.17) is 0 Å². The number of benzene rings is 1. The quantitative estimate of drug-likeness (QED) is 0.470. The van der Waals surface area contributed by atoms with Crippen molar-refractivity contribution in [2.45, 2.75) is 38.5 Å². The second-order valence-electron chi connectivity index (χ2n) is 9.30. The molecule has 0 bridgehead atoms. The van der Waals surface area contributed by atoms with Crippen molar-refractivity contribution in [2.24, 2.45) is 5.41 Å². The molecule has 0 aliphatic carbocycles. The van der Waals surface area contributed by atoms with E-state index in [0.717, 1.165) is 23.3 Å². The van der Waals surface area contributed by atoms with Gasteiger partial charge in [0.2, 0.25) is 11.8 Å². The summed E-state index contributed by atoms with van der Waals surface area (Å²) in [5, 5.41) is 5.03. The zero-order valence-corrected chi connectivity index (χ0v) is 19.9. The van der Waals surface area contributed by atoms with Crippen molar-refractivity contribution >= 4 is 23.9 Å². The van der Waals surface area contributed by atoms with Crippen LogP contribution in [0.1, 0.15) is 37.3 Å². The summed E-state index contributed by atoms with van der Waals surface area (Å²) in [7, 11) is 0. The van der Waals surface area contributed by atoms with E-state index < -0.39 is 40.8 Å². The fraction of sp³-hybridized carbons (Fsp3) is 0.435. The molecular formula is C23H22F6N6O3. The van der Waals surface area contributed by atoms with Gasteiger partial charge in [0.1, 0.15) is 6.33 Å². The van der Waals surface area contributed by atoms with Crippen molar-refractivity contribution in [1.29, 1.82) is 0 Å². The lowest BCUT2D eigenvalue weighted by molar-refractivity contribution is -0.143. The standard InChI is InChI=1S/C23H22F6N6O3/c1-14(36)33-6-3-21(4-7-33)11-19(38)35(12-21)31-18(37)2-5-34-13-30-20(32-34)15-8-16(22(24,25)26)10-17(9-15)23(27,28)29/h2,5,8-10,13H,3-4,6-7,11-12H2,1H3,(H,31,37)/b5-2-. The molecule has 2 aliphatic rings. The number of piperidine rings is 1. The van der Waals surface area contributed by atoms with Gasteiger partial charge in [0.25, 0.3) is 5.91 Å². The summed E-state index contributed by atoms with van der Waals surface area (Å²) in [5.41, 5.74) is -1.41. The lowest BCUT2D eigenvalue weighted by Gasteiger charge is -2.38. The highest BCUT2D eigenvalue weighted by molar-refractivity contribution is 5.92. The molecule has 0 atom stereocenters. The van der Waals surface area contributed by atoms with E-state index >= 15 is 0 Å². The van der Waals surface area contributed by atoms with Gasteiger partial charge in [0.05, 0.1) is 11.1 Å². The molecule has 4 rings (SSSR count). The van der Waals surface area contributed by atoms with E-state index in [1.807, 2.05) is 0 Å². The van der Waals surface area contributed by atoms with Crippen LogP contribution in [0.3, 0.4) is 0 Å². The Morgan fingerprint density at radius 3 is 2.18 bits per heavy atom. The molecular weight excluding hydrogens is 522 g/mol. The molecule has 2 fully saturated rings. The van der Waals surface area contributed by atoms with Crippen LogP contribution in [0.2, 0.25) is 0 Å². The maximum atomic E-state index is 13.1. The number of carbonyl (C=O) groups is 3. The van der Waals surface area contributed by atoms with Crippen LogP contribution < -0.4 is 5.43 Å². The fourth-order valence-electron chi connectivity index (χ4n) is 4.51. The summed E-state index contributed by atoms with van der Waals surface area (Å²) < 4.78 is 79.6. The van der Waals surface area contributed by atoms with Crippen molar-refractivity contribution < 1.29 is 40.7 Å². The first-order valence-electron chi connectivity index (χ1n) is 11.4. The lowest BCUT2D eigenvalue weighted by atomic mass is 9.77. The summed E-state index contributed by atoms with van der Waals surface area (Å²) in [5.74, 6) is -1.44. The molecule has 204 valence electrons. The number of nitrogens with one attached hydrogen (secondary N) is 1. The van der Waals surface area contributed by atoms with Gasteiger partial charge in [0.15, 0.2) is 5.82 Å². The molecule has 0 radical (unpaired) electrons. The van der Waals surface area contributed by atoms with Crippen LogP contribution in [0.15, 0.2) is 30.6 Å². The normalized spacial score (nSPS) is 18.0. The lowest BCUT2D eigenvalue weighted by Crippen LogP contribution is -2.46. The Kier molecular flexibility index (Phi) is 6.97. The molecule has 9 nitrogen and oxygen atoms in total. The third-order valence-corrected chi connectivity index (χ3v) is 6.57. The molecule has 3 amide bonds. The highest BCUT2D eigenvalue weighted by atomic mass is 19.4. The Morgan fingerprint density at radius 1 is 1.03 bits per heavy atom. The van der Waals surface area contributed by atoms with Gasteiger partial charge in [-0.15, -0.1) is 5.10 Å². The van der Waals surface area contributed by atoms with E-state index in [0.29, 0.717) is 38.1 Å². The largest absolute Gasteiger partial charge is 0.416 e. The molecule has 1 N–H and O–H groups in total. The average Bonchev–Trinajstić information content (AvgIpc) is 3.41. The topological polar surface area (TPSA) is 100 Å². The Bertz CT molecular complexity index is 1240. The second kappa shape index (κ2) is 9.76. The smallest absolute Gasteiger partial charge is 0.343 e. The highest BCUT2D eigenvalue weighted by Crippen LogP contribution is 2.40. The average molecular weight is 544 g/mol. The van der Waals surface area contributed by atoms with Crippen molar-refractivity contribution in [3.05, 3.63) is 41.7 Å². The molecule has 0 unspecified atom stereocenters. The number of carbonyl (C=O) groups excluding carboxylic acids is 3. The summed E-state index contributed by atoms with van der Waals surface area (Å²) >= 11 is 0. The molecule has 1 aromatic heterocycles. The van der Waals surface area contributed by atoms with Crippen molar-refractivity contribution in [1.82, 2.24) is 30.1 Å². The third kappa shape index (κ3) is 5.97. The predicted octanol–water partition coefficient (Wildman–Crippen LogP) is 3.35. The number of aromatic nitrogens is 3. The summed E-state index contributed by atoms with van der Waals surface area (Å²) in [6.07, 6.45) is -5.49. The van der Waals surface area contributed by atoms with Crippen LogP contribution in [-0.2, 0) is 26.7 Å². The maximum Gasteiger partial charge on any atom is 0.416 e. The molecule has 2 aromatic rings. The van der Waals surface area contributed by atoms with Gasteiger partial charge in [0, 0.05) is 56.2 Å². The maximum absolute atomic E-state index is 13.1. The second-order valence-corrected chi connectivity index (χ2v) is 9.30. The highest BCUT2D eigenvalue weighted by Gasteiger charge is 2.45. The predicted molar refractivity (Wildman–Crippen MR) is 119 cm³/mol. The summed E-state index contributed by atoms with van der Waals surface area (Å²) in [6, 6.07) is 1.00. The summed E-state index contributed by atoms with van der Waals surface area (Å²) in [4.78, 5) is 41.8. The van der Waals surface area contributed by atoms with Crippen molar-refractivity contribution in [3.63, 3.8) is 0 Å². The van der Waals surface area contributed by atoms with Gasteiger partial charge in [-0.1, -0.05) is 0 Å². The zero-order chi connectivity index (χ0) is 27.9. The molecule has 2 saturated heterocycles. The van der Waals surface area contributed by atoms with E-state index in [1.54, 1.807) is 4.90 Å². The van der Waals surface area contributed by atoms with Crippen LogP contribution in [0.25, 0.3) is 17.6 Å². The van der Waals surface area contributed by atoms with Crippen molar-refractivity contribution in [3.8, 4) is 11.4 Å². The van der Waals surface area contributed by atoms with Crippen molar-refractivity contribution in [2.75, 3.05) is 19.6 Å². The molecule has 2 aliphatic heterocycles. The third-order valence-electron chi connectivity index (χ3n) is 6.57. The van der Waals surface area contributed by atoms with E-state index in [1.165, 1.54) is 11.9 Å². The van der Waals surface area contributed by atoms with Gasteiger partial charge >= 0.3 is 12.4 Å². The zero-order valence-electron chi connectivity index (χ0n) is 19.9. The Labute approximate surface area is 212 Å². The van der Waals surface area contributed by atoms with Gasteiger partial charge in [-0.3, -0.25) is 24.8 Å². The molecule has 1 spiro atoms. The molecule has 38 heavy (non-hydrogen) atoms. The number of alkyl halides is 6. The van der Waals surface area contributed by atoms with Gasteiger partial charge in [-0.25, -0.2) is 9.67 Å². The number of hydrazine groups is 1. The first-order valence-corrected chi connectivity index (χ1v) is 11.4. The monoisotopic (exact) mass is 544 g/mol. The van der Waals surface area contributed by atoms with E-state index in [2.05, 4.69) is 15.5 Å². The fourth-order valence-corrected chi connectivity index (χ4v) is 4.51. The number of hydrogen-bond acceptors (Lipinski definition) is 5. The van der Waals surface area contributed by atoms with E-state index in [9.17, 15) is 40.7 Å². The summed E-state index contributed by atoms with van der Waals surface area (Å²) in [6.45, 7) is 2.81. The number of likely N-dealkylation sites (tertiary alicyclic amines) is 1. The van der Waals surface area contributed by atoms with Gasteiger partial charge in [-0.2, -0.15) is 26.3 Å². The number of halogens is 6. The van der Waals surface area contributed by atoms with E-state index in [-0.39, 0.29) is 36.3 Å². The SMILES string of the molecule is CC(=O)N1CCC2(CC1)CC(=O)N(NC(=O)/C=C\n1cnc(-c3cc(C(F)(F)F)cc(C(F)(F)F)c3)n1)C2. The molecule has 0 saturated carbocycles. The van der Waals surface area contributed by atoms with Gasteiger partial charge in [-0.05, 0) is 31.0 Å². The number of amides is 3. The van der Waals surface area contributed by atoms with Gasteiger partial charge < -0.3 is 4.90 Å². The minimum absolute atomic E-state index is 0.00115. The van der Waals surface area contributed by atoms with Crippen LogP contribution in [0.5, 0.6) is 0 Å². The minimum atomic E-state index is -5.02. The first-order chi connectivity index (χ1) is 17.6. The Hall–Kier alpha value is -3.91.